The van der Waals surface area contributed by atoms with Gasteiger partial charge in [-0.15, -0.1) is 0 Å². The average Bonchev–Trinajstić information content (AvgIpc) is 2.45. The number of hydrogen-bond acceptors (Lipinski definition) is 3. The van der Waals surface area contributed by atoms with Gasteiger partial charge in [-0.1, -0.05) is 32.0 Å². The molecule has 0 aliphatic heterocycles. The zero-order valence-corrected chi connectivity index (χ0v) is 12.9. The van der Waals surface area contributed by atoms with Crippen molar-refractivity contribution in [2.45, 2.75) is 20.3 Å². The molecule has 1 rings (SSSR count). The van der Waals surface area contributed by atoms with Gasteiger partial charge in [0.25, 0.3) is 0 Å². The Balaban J connectivity index is 2.06. The summed E-state index contributed by atoms with van der Waals surface area (Å²) >= 11 is 0. The van der Waals surface area contributed by atoms with Gasteiger partial charge >= 0.3 is 0 Å². The molecule has 0 bridgehead atoms. The van der Waals surface area contributed by atoms with Crippen molar-refractivity contribution in [2.75, 3.05) is 38.1 Å². The summed E-state index contributed by atoms with van der Waals surface area (Å²) in [5.74, 6) is 0.577. The Morgan fingerprint density at radius 1 is 1.25 bits per heavy atom. The summed E-state index contributed by atoms with van der Waals surface area (Å²) in [4.78, 5) is 13.7. The normalized spacial score (nSPS) is 10.6. The zero-order chi connectivity index (χ0) is 14.8. The lowest BCUT2D eigenvalue weighted by Gasteiger charge is -2.19. The van der Waals surface area contributed by atoms with E-state index in [1.165, 1.54) is 5.69 Å². The van der Waals surface area contributed by atoms with Crippen LogP contribution in [0, 0.1) is 5.92 Å². The molecule has 0 aliphatic carbocycles. The first kappa shape index (κ1) is 16.5. The monoisotopic (exact) mass is 277 g/mol. The number of hydrogen-bond donors (Lipinski definition) is 2. The van der Waals surface area contributed by atoms with Gasteiger partial charge in [-0.25, -0.2) is 0 Å². The van der Waals surface area contributed by atoms with Crippen LogP contribution in [0.4, 0.5) is 5.69 Å². The van der Waals surface area contributed by atoms with Crippen LogP contribution in [0.5, 0.6) is 0 Å². The van der Waals surface area contributed by atoms with Gasteiger partial charge in [-0.05, 0) is 31.0 Å². The van der Waals surface area contributed by atoms with Crippen molar-refractivity contribution in [3.63, 3.8) is 0 Å². The smallest absolute Gasteiger partial charge is 0.233 e. The maximum Gasteiger partial charge on any atom is 0.233 e. The maximum atomic E-state index is 11.5. The van der Waals surface area contributed by atoms with Crippen molar-refractivity contribution in [1.29, 1.82) is 0 Å². The molecule has 0 spiro atoms. The summed E-state index contributed by atoms with van der Waals surface area (Å²) < 4.78 is 0. The molecule has 112 valence electrons. The van der Waals surface area contributed by atoms with Crippen LogP contribution in [-0.2, 0) is 4.79 Å². The third-order valence-electron chi connectivity index (χ3n) is 3.04. The molecule has 0 heterocycles. The lowest BCUT2D eigenvalue weighted by molar-refractivity contribution is -0.120. The highest BCUT2D eigenvalue weighted by atomic mass is 16.1. The van der Waals surface area contributed by atoms with E-state index in [9.17, 15) is 4.79 Å². The van der Waals surface area contributed by atoms with E-state index in [0.717, 1.165) is 26.1 Å². The standard InChI is InChI=1S/C16H27N3O/c1-14(2)12-18-16(20)13-17-10-7-11-19(3)15-8-5-4-6-9-15/h4-6,8-9,14,17H,7,10-13H2,1-3H3,(H,18,20). The third kappa shape index (κ3) is 7.14. The van der Waals surface area contributed by atoms with Gasteiger partial charge in [0.2, 0.25) is 5.91 Å². The van der Waals surface area contributed by atoms with Crippen LogP contribution in [-0.4, -0.2) is 39.1 Å². The molecule has 0 saturated carbocycles. The predicted molar refractivity (Wildman–Crippen MR) is 85.0 cm³/mol. The van der Waals surface area contributed by atoms with Gasteiger partial charge in [0, 0.05) is 25.8 Å². The average molecular weight is 277 g/mol. The Kier molecular flexibility index (Phi) is 7.73. The summed E-state index contributed by atoms with van der Waals surface area (Å²) in [5.41, 5.74) is 1.22. The molecule has 0 unspecified atom stereocenters. The van der Waals surface area contributed by atoms with Crippen LogP contribution in [0.25, 0.3) is 0 Å². The minimum absolute atomic E-state index is 0.0788. The highest BCUT2D eigenvalue weighted by Crippen LogP contribution is 2.10. The highest BCUT2D eigenvalue weighted by Gasteiger charge is 2.02. The molecular formula is C16H27N3O. The van der Waals surface area contributed by atoms with Gasteiger partial charge in [-0.2, -0.15) is 0 Å². The molecular weight excluding hydrogens is 250 g/mol. The van der Waals surface area contributed by atoms with E-state index in [1.54, 1.807) is 0 Å². The lowest BCUT2D eigenvalue weighted by atomic mass is 10.2. The molecule has 20 heavy (non-hydrogen) atoms. The first-order chi connectivity index (χ1) is 9.59. The molecule has 0 fully saturated rings. The number of anilines is 1. The van der Waals surface area contributed by atoms with E-state index >= 15 is 0 Å². The van der Waals surface area contributed by atoms with Gasteiger partial charge in [-0.3, -0.25) is 4.79 Å². The predicted octanol–water partition coefficient (Wildman–Crippen LogP) is 1.87. The van der Waals surface area contributed by atoms with Gasteiger partial charge in [0.15, 0.2) is 0 Å². The quantitative estimate of drug-likeness (QED) is 0.677. The van der Waals surface area contributed by atoms with E-state index in [1.807, 2.05) is 18.2 Å². The molecule has 0 radical (unpaired) electrons. The summed E-state index contributed by atoms with van der Waals surface area (Å²) in [6.07, 6.45) is 1.02. The van der Waals surface area contributed by atoms with Crippen molar-refractivity contribution >= 4 is 11.6 Å². The largest absolute Gasteiger partial charge is 0.375 e. The fourth-order valence-corrected chi connectivity index (χ4v) is 1.84. The first-order valence-electron chi connectivity index (χ1n) is 7.33. The lowest BCUT2D eigenvalue weighted by Crippen LogP contribution is -2.36. The van der Waals surface area contributed by atoms with E-state index in [0.29, 0.717) is 12.5 Å². The van der Waals surface area contributed by atoms with Gasteiger partial charge in [0.1, 0.15) is 0 Å². The van der Waals surface area contributed by atoms with Gasteiger partial charge < -0.3 is 15.5 Å². The molecule has 1 aromatic carbocycles. The molecule has 2 N–H and O–H groups in total. The number of rotatable bonds is 9. The zero-order valence-electron chi connectivity index (χ0n) is 12.9. The number of nitrogens with zero attached hydrogens (tertiary/aromatic N) is 1. The summed E-state index contributed by atoms with van der Waals surface area (Å²) in [6.45, 7) is 7.16. The fraction of sp³-hybridized carbons (Fsp3) is 0.562. The Hall–Kier alpha value is -1.55. The molecule has 4 heteroatoms. The fourth-order valence-electron chi connectivity index (χ4n) is 1.84. The number of nitrogens with one attached hydrogen (secondary N) is 2. The van der Waals surface area contributed by atoms with E-state index in [4.69, 9.17) is 0 Å². The van der Waals surface area contributed by atoms with E-state index in [-0.39, 0.29) is 5.91 Å². The second kappa shape index (κ2) is 9.37. The van der Waals surface area contributed by atoms with E-state index < -0.39 is 0 Å². The molecule has 0 aliphatic rings. The Morgan fingerprint density at radius 3 is 2.60 bits per heavy atom. The molecule has 0 aromatic heterocycles. The highest BCUT2D eigenvalue weighted by molar-refractivity contribution is 5.77. The first-order valence-corrected chi connectivity index (χ1v) is 7.33. The third-order valence-corrected chi connectivity index (χ3v) is 3.04. The number of amides is 1. The molecule has 0 atom stereocenters. The molecule has 4 nitrogen and oxygen atoms in total. The Morgan fingerprint density at radius 2 is 1.95 bits per heavy atom. The number of benzene rings is 1. The molecule has 1 aromatic rings. The van der Waals surface area contributed by atoms with E-state index in [2.05, 4.69) is 48.6 Å². The number of para-hydroxylation sites is 1. The summed E-state index contributed by atoms with van der Waals surface area (Å²) in [5, 5.41) is 6.07. The van der Waals surface area contributed by atoms with Crippen LogP contribution in [0.3, 0.4) is 0 Å². The second-order valence-electron chi connectivity index (χ2n) is 5.49. The maximum absolute atomic E-state index is 11.5. The van der Waals surface area contributed by atoms with Crippen molar-refractivity contribution in [3.8, 4) is 0 Å². The Labute approximate surface area is 122 Å². The van der Waals surface area contributed by atoms with Crippen molar-refractivity contribution < 1.29 is 4.79 Å². The van der Waals surface area contributed by atoms with Crippen LogP contribution in [0.1, 0.15) is 20.3 Å². The topological polar surface area (TPSA) is 44.4 Å². The van der Waals surface area contributed by atoms with Gasteiger partial charge in [0.05, 0.1) is 6.54 Å². The molecule has 1 amide bonds. The number of carbonyl (C=O) groups is 1. The minimum atomic E-state index is 0.0788. The van der Waals surface area contributed by atoms with Crippen molar-refractivity contribution in [2.24, 2.45) is 5.92 Å². The van der Waals surface area contributed by atoms with Crippen LogP contribution < -0.4 is 15.5 Å². The second-order valence-corrected chi connectivity index (χ2v) is 5.49. The minimum Gasteiger partial charge on any atom is -0.375 e. The van der Waals surface area contributed by atoms with Crippen molar-refractivity contribution in [1.82, 2.24) is 10.6 Å². The number of carbonyl (C=O) groups excluding carboxylic acids is 1. The summed E-state index contributed by atoms with van der Waals surface area (Å²) in [7, 11) is 2.09. The van der Waals surface area contributed by atoms with Crippen LogP contribution in [0.2, 0.25) is 0 Å². The van der Waals surface area contributed by atoms with Crippen molar-refractivity contribution in [3.05, 3.63) is 30.3 Å². The Bertz CT molecular complexity index is 379. The molecule has 0 saturated heterocycles. The van der Waals surface area contributed by atoms with Crippen LogP contribution in [0.15, 0.2) is 30.3 Å². The summed E-state index contributed by atoms with van der Waals surface area (Å²) in [6, 6.07) is 10.3. The van der Waals surface area contributed by atoms with Crippen LogP contribution >= 0.6 is 0 Å². The SMILES string of the molecule is CC(C)CNC(=O)CNCCCN(C)c1ccccc1.